The maximum absolute atomic E-state index is 9.13. The molecule has 5 heteroatoms. The third-order valence-corrected chi connectivity index (χ3v) is 4.81. The Morgan fingerprint density at radius 2 is 1.79 bits per heavy atom. The quantitative estimate of drug-likeness (QED) is 0.657. The van der Waals surface area contributed by atoms with Gasteiger partial charge in [0.1, 0.15) is 0 Å². The predicted octanol–water partition coefficient (Wildman–Crippen LogP) is 4.56. The van der Waals surface area contributed by atoms with Crippen LogP contribution in [0.2, 0.25) is 0 Å². The Morgan fingerprint density at radius 1 is 1.04 bits per heavy atom. The Balaban J connectivity index is 2.17. The fourth-order valence-corrected chi connectivity index (χ4v) is 3.16. The van der Waals surface area contributed by atoms with Gasteiger partial charge in [0.25, 0.3) is 0 Å². The first-order valence-corrected chi connectivity index (χ1v) is 8.63. The van der Waals surface area contributed by atoms with Crippen LogP contribution in [0.15, 0.2) is 53.7 Å². The third-order valence-electron chi connectivity index (χ3n) is 3.88. The van der Waals surface area contributed by atoms with Crippen molar-refractivity contribution in [2.24, 2.45) is 0 Å². The number of thioether (sulfide) groups is 1. The van der Waals surface area contributed by atoms with Gasteiger partial charge in [-0.3, -0.25) is 4.57 Å². The molecule has 0 spiro atoms. The van der Waals surface area contributed by atoms with Crippen molar-refractivity contribution in [1.82, 2.24) is 14.8 Å². The molecule has 0 amide bonds. The van der Waals surface area contributed by atoms with E-state index in [4.69, 9.17) is 5.26 Å². The fourth-order valence-electron chi connectivity index (χ4n) is 2.40. The number of nitriles is 1. The van der Waals surface area contributed by atoms with Crippen molar-refractivity contribution >= 4 is 11.8 Å². The molecule has 3 aromatic rings. The third kappa shape index (κ3) is 3.19. The minimum absolute atomic E-state index is 0.192. The number of hydrogen-bond acceptors (Lipinski definition) is 4. The fraction of sp³-hybridized carbons (Fsp3) is 0.211. The van der Waals surface area contributed by atoms with E-state index in [0.29, 0.717) is 0 Å². The van der Waals surface area contributed by atoms with Crippen LogP contribution in [0.3, 0.4) is 0 Å². The molecule has 1 heterocycles. The average molecular weight is 334 g/mol. The predicted molar refractivity (Wildman–Crippen MR) is 97.2 cm³/mol. The lowest BCUT2D eigenvalue weighted by Gasteiger charge is -2.12. The first kappa shape index (κ1) is 16.3. The van der Waals surface area contributed by atoms with Crippen molar-refractivity contribution in [3.8, 4) is 23.1 Å². The molecule has 0 aliphatic heterocycles. The molecule has 2 aromatic carbocycles. The smallest absolute Gasteiger partial charge is 0.197 e. The number of hydrogen-bond donors (Lipinski definition) is 0. The molecule has 0 aliphatic carbocycles. The Morgan fingerprint density at radius 3 is 2.46 bits per heavy atom. The van der Waals surface area contributed by atoms with Crippen LogP contribution in [0.1, 0.15) is 18.1 Å². The maximum Gasteiger partial charge on any atom is 0.197 e. The van der Waals surface area contributed by atoms with Gasteiger partial charge in [-0.25, -0.2) is 0 Å². The molecule has 0 aliphatic rings. The van der Waals surface area contributed by atoms with Gasteiger partial charge in [0.2, 0.25) is 0 Å². The van der Waals surface area contributed by atoms with E-state index in [1.165, 1.54) is 22.9 Å². The standard InChI is InChI=1S/C19H18N4S/c1-13-9-10-17(11-14(13)2)23-18(16-7-5-4-6-8-16)21-22-19(23)24-15(3)12-20/h4-11,15H,1-3H3. The van der Waals surface area contributed by atoms with Crippen LogP contribution in [0.25, 0.3) is 17.1 Å². The summed E-state index contributed by atoms with van der Waals surface area (Å²) >= 11 is 1.42. The van der Waals surface area contributed by atoms with Crippen LogP contribution >= 0.6 is 11.8 Å². The van der Waals surface area contributed by atoms with E-state index in [1.54, 1.807) is 0 Å². The second-order valence-corrected chi connectivity index (χ2v) is 6.97. The summed E-state index contributed by atoms with van der Waals surface area (Å²) < 4.78 is 2.03. The first-order chi connectivity index (χ1) is 11.6. The molecular weight excluding hydrogens is 316 g/mol. The Kier molecular flexibility index (Phi) is 4.68. The van der Waals surface area contributed by atoms with Gasteiger partial charge in [-0.05, 0) is 44.0 Å². The van der Waals surface area contributed by atoms with Crippen LogP contribution in [-0.2, 0) is 0 Å². The summed E-state index contributed by atoms with van der Waals surface area (Å²) in [6, 6.07) is 18.5. The zero-order valence-corrected chi connectivity index (χ0v) is 14.7. The van der Waals surface area contributed by atoms with Gasteiger partial charge in [-0.2, -0.15) is 5.26 Å². The van der Waals surface area contributed by atoms with E-state index in [0.717, 1.165) is 22.2 Å². The van der Waals surface area contributed by atoms with Gasteiger partial charge in [0, 0.05) is 5.56 Å². The zero-order valence-electron chi connectivity index (χ0n) is 13.9. The average Bonchev–Trinajstić information content (AvgIpc) is 3.01. The summed E-state index contributed by atoms with van der Waals surface area (Å²) in [4.78, 5) is 0. The Bertz CT molecular complexity index is 893. The van der Waals surface area contributed by atoms with Crippen molar-refractivity contribution in [2.75, 3.05) is 0 Å². The Hall–Kier alpha value is -2.58. The van der Waals surface area contributed by atoms with Gasteiger partial charge in [-0.1, -0.05) is 48.2 Å². The summed E-state index contributed by atoms with van der Waals surface area (Å²) in [5.41, 5.74) is 4.46. The number of aromatic nitrogens is 3. The summed E-state index contributed by atoms with van der Waals surface area (Å²) in [5.74, 6) is 0.784. The summed E-state index contributed by atoms with van der Waals surface area (Å²) in [5, 5.41) is 18.4. The van der Waals surface area contributed by atoms with Gasteiger partial charge in [0.15, 0.2) is 11.0 Å². The summed E-state index contributed by atoms with van der Waals surface area (Å²) in [6.07, 6.45) is 0. The van der Waals surface area contributed by atoms with Crippen LogP contribution in [0.5, 0.6) is 0 Å². The lowest BCUT2D eigenvalue weighted by molar-refractivity contribution is 0.882. The first-order valence-electron chi connectivity index (χ1n) is 7.75. The highest BCUT2D eigenvalue weighted by atomic mass is 32.2. The molecule has 1 atom stereocenters. The molecule has 120 valence electrons. The van der Waals surface area contributed by atoms with E-state index in [9.17, 15) is 0 Å². The zero-order chi connectivity index (χ0) is 17.1. The van der Waals surface area contributed by atoms with Gasteiger partial charge in [0.05, 0.1) is 17.0 Å². The molecule has 0 N–H and O–H groups in total. The maximum atomic E-state index is 9.13. The normalized spacial score (nSPS) is 11.9. The minimum Gasteiger partial charge on any atom is -0.270 e. The van der Waals surface area contributed by atoms with E-state index in [2.05, 4.69) is 48.3 Å². The SMILES string of the molecule is Cc1ccc(-n2c(SC(C)C#N)nnc2-c2ccccc2)cc1C. The molecule has 4 nitrogen and oxygen atoms in total. The van der Waals surface area contributed by atoms with Gasteiger partial charge >= 0.3 is 0 Å². The van der Waals surface area contributed by atoms with Crippen LogP contribution in [-0.4, -0.2) is 20.0 Å². The second kappa shape index (κ2) is 6.90. The molecule has 0 bridgehead atoms. The molecule has 1 unspecified atom stereocenters. The largest absolute Gasteiger partial charge is 0.270 e. The number of aryl methyl sites for hydroxylation is 2. The van der Waals surface area contributed by atoms with Crippen molar-refractivity contribution < 1.29 is 0 Å². The van der Waals surface area contributed by atoms with E-state index >= 15 is 0 Å². The van der Waals surface area contributed by atoms with E-state index in [-0.39, 0.29) is 5.25 Å². The molecule has 24 heavy (non-hydrogen) atoms. The van der Waals surface area contributed by atoms with Gasteiger partial charge < -0.3 is 0 Å². The molecule has 1 aromatic heterocycles. The van der Waals surface area contributed by atoms with Crippen molar-refractivity contribution in [2.45, 2.75) is 31.2 Å². The van der Waals surface area contributed by atoms with Gasteiger partial charge in [-0.15, -0.1) is 10.2 Å². The number of nitrogens with zero attached hydrogens (tertiary/aromatic N) is 4. The lowest BCUT2D eigenvalue weighted by Crippen LogP contribution is -2.02. The molecule has 0 fully saturated rings. The number of rotatable bonds is 4. The van der Waals surface area contributed by atoms with Crippen molar-refractivity contribution in [3.63, 3.8) is 0 Å². The topological polar surface area (TPSA) is 54.5 Å². The molecule has 3 rings (SSSR count). The summed E-state index contributed by atoms with van der Waals surface area (Å²) in [7, 11) is 0. The molecule has 0 saturated heterocycles. The second-order valence-electron chi connectivity index (χ2n) is 5.67. The van der Waals surface area contributed by atoms with Crippen molar-refractivity contribution in [1.29, 1.82) is 5.26 Å². The van der Waals surface area contributed by atoms with E-state index < -0.39 is 0 Å². The highest BCUT2D eigenvalue weighted by Crippen LogP contribution is 2.30. The van der Waals surface area contributed by atoms with Crippen LogP contribution in [0.4, 0.5) is 0 Å². The van der Waals surface area contributed by atoms with Crippen LogP contribution in [0, 0.1) is 25.2 Å². The van der Waals surface area contributed by atoms with E-state index in [1.807, 2.05) is 41.8 Å². The summed E-state index contributed by atoms with van der Waals surface area (Å²) in [6.45, 7) is 6.05. The molecular formula is C19H18N4S. The van der Waals surface area contributed by atoms with Crippen molar-refractivity contribution in [3.05, 3.63) is 59.7 Å². The monoisotopic (exact) mass is 334 g/mol. The molecule has 0 radical (unpaired) electrons. The lowest BCUT2D eigenvalue weighted by atomic mass is 10.1. The number of benzene rings is 2. The highest BCUT2D eigenvalue weighted by molar-refractivity contribution is 8.00. The minimum atomic E-state index is -0.192. The van der Waals surface area contributed by atoms with Crippen LogP contribution < -0.4 is 0 Å². The highest BCUT2D eigenvalue weighted by Gasteiger charge is 2.18. The molecule has 0 saturated carbocycles. The Labute approximate surface area is 146 Å².